The number of ether oxygens (including phenoxy) is 2. The van der Waals surface area contributed by atoms with Crippen molar-refractivity contribution < 1.29 is 27.5 Å². The van der Waals surface area contributed by atoms with E-state index in [0.29, 0.717) is 30.3 Å². The lowest BCUT2D eigenvalue weighted by atomic mass is 9.92. The van der Waals surface area contributed by atoms with Gasteiger partial charge in [0.25, 0.3) is 11.8 Å². The molecule has 0 saturated carbocycles. The normalized spacial score (nSPS) is 22.1. The highest BCUT2D eigenvalue weighted by molar-refractivity contribution is 7.91. The summed E-state index contributed by atoms with van der Waals surface area (Å²) in [5.41, 5.74) is 0.903. The number of hydrogen-bond acceptors (Lipinski definition) is 7. The summed E-state index contributed by atoms with van der Waals surface area (Å²) in [6.07, 6.45) is 1.75. The summed E-state index contributed by atoms with van der Waals surface area (Å²) in [4.78, 5) is 27.0. The fourth-order valence-corrected chi connectivity index (χ4v) is 5.43. The smallest absolute Gasteiger partial charge is 0.271 e. The molecule has 0 radical (unpaired) electrons. The van der Waals surface area contributed by atoms with Gasteiger partial charge in [-0.3, -0.25) is 14.5 Å². The van der Waals surface area contributed by atoms with Gasteiger partial charge in [0.1, 0.15) is 11.6 Å². The van der Waals surface area contributed by atoms with Gasteiger partial charge in [0.2, 0.25) is 0 Å². The zero-order valence-corrected chi connectivity index (χ0v) is 18.5. The van der Waals surface area contributed by atoms with E-state index in [-0.39, 0.29) is 34.6 Å². The van der Waals surface area contributed by atoms with Crippen molar-refractivity contribution in [1.29, 1.82) is 5.26 Å². The van der Waals surface area contributed by atoms with E-state index >= 15 is 0 Å². The fourth-order valence-electron chi connectivity index (χ4n) is 3.73. The Morgan fingerprint density at radius 1 is 1.16 bits per heavy atom. The zero-order valence-electron chi connectivity index (χ0n) is 17.7. The lowest BCUT2D eigenvalue weighted by Gasteiger charge is -2.31. The summed E-state index contributed by atoms with van der Waals surface area (Å²) in [7, 11) is -3.32. The Balaban J connectivity index is 2.06. The Hall–Kier alpha value is -3.12. The Labute approximate surface area is 181 Å². The summed E-state index contributed by atoms with van der Waals surface area (Å²) in [5, 5.41) is 9.53. The van der Waals surface area contributed by atoms with Crippen LogP contribution in [-0.4, -0.2) is 55.9 Å². The maximum Gasteiger partial charge on any atom is 0.271 e. The average Bonchev–Trinajstić information content (AvgIpc) is 3.07. The number of carbonyl (C=O) groups excluding carboxylic acids is 2. The van der Waals surface area contributed by atoms with Gasteiger partial charge >= 0.3 is 0 Å². The van der Waals surface area contributed by atoms with E-state index in [2.05, 4.69) is 0 Å². The lowest BCUT2D eigenvalue weighted by Crippen LogP contribution is -2.49. The van der Waals surface area contributed by atoms with Crippen LogP contribution in [0.4, 0.5) is 0 Å². The number of carbonyl (C=O) groups is 2. The zero-order chi connectivity index (χ0) is 22.8. The largest absolute Gasteiger partial charge is 0.490 e. The Bertz CT molecular complexity index is 1130. The molecular weight excluding hydrogens is 420 g/mol. The molecule has 0 bridgehead atoms. The van der Waals surface area contributed by atoms with E-state index in [1.165, 1.54) is 0 Å². The molecule has 1 atom stereocenters. The molecule has 0 aromatic heterocycles. The van der Waals surface area contributed by atoms with Crippen LogP contribution >= 0.6 is 0 Å². The molecule has 2 aliphatic rings. The van der Waals surface area contributed by atoms with Crippen LogP contribution in [0.1, 0.15) is 32.8 Å². The number of nitrogens with zero attached hydrogens (tertiary/aromatic N) is 2. The molecule has 1 saturated heterocycles. The third-order valence-electron chi connectivity index (χ3n) is 5.22. The van der Waals surface area contributed by atoms with Crippen molar-refractivity contribution in [1.82, 2.24) is 4.90 Å². The van der Waals surface area contributed by atoms with Crippen LogP contribution in [0.15, 0.2) is 34.9 Å². The fraction of sp³-hybridized carbons (Fsp3) is 0.409. The Morgan fingerprint density at radius 2 is 1.84 bits per heavy atom. The van der Waals surface area contributed by atoms with E-state index in [0.717, 1.165) is 4.90 Å². The topological polar surface area (TPSA) is 114 Å². The van der Waals surface area contributed by atoms with Crippen molar-refractivity contribution in [3.05, 3.63) is 40.5 Å². The van der Waals surface area contributed by atoms with E-state index in [4.69, 9.17) is 9.47 Å². The first-order valence-corrected chi connectivity index (χ1v) is 11.9. The van der Waals surface area contributed by atoms with Crippen molar-refractivity contribution in [3.63, 3.8) is 0 Å². The van der Waals surface area contributed by atoms with Gasteiger partial charge < -0.3 is 9.47 Å². The number of nitriles is 1. The molecule has 164 valence electrons. The molecular formula is C22H24N2O6S. The predicted molar refractivity (Wildman–Crippen MR) is 114 cm³/mol. The standard InChI is InChI=1S/C22H24N2O6S/c1-4-29-19-7-6-15(11-20(19)30-5-2)10-17-14(3)18(12-23)22(26)24(21(17)25)16-8-9-31(27,28)13-16/h6-7,10-11,16H,4-5,8-9,13H2,1-3H3/b17-10-. The molecule has 0 N–H and O–H groups in total. The summed E-state index contributed by atoms with van der Waals surface area (Å²) in [6.45, 7) is 6.14. The van der Waals surface area contributed by atoms with E-state index in [1.54, 1.807) is 31.2 Å². The second-order valence-electron chi connectivity index (χ2n) is 7.28. The van der Waals surface area contributed by atoms with E-state index in [9.17, 15) is 23.3 Å². The third kappa shape index (κ3) is 4.49. The van der Waals surface area contributed by atoms with Crippen LogP contribution in [0.2, 0.25) is 0 Å². The van der Waals surface area contributed by atoms with Crippen LogP contribution < -0.4 is 9.47 Å². The van der Waals surface area contributed by atoms with Gasteiger partial charge in [0.15, 0.2) is 21.3 Å². The minimum atomic E-state index is -3.32. The molecule has 2 heterocycles. The lowest BCUT2D eigenvalue weighted by molar-refractivity contribution is -0.142. The number of amides is 2. The highest BCUT2D eigenvalue weighted by Crippen LogP contribution is 2.33. The molecule has 0 spiro atoms. The number of sulfone groups is 1. The van der Waals surface area contributed by atoms with Gasteiger partial charge in [-0.2, -0.15) is 5.26 Å². The first kappa shape index (κ1) is 22.6. The monoisotopic (exact) mass is 444 g/mol. The molecule has 31 heavy (non-hydrogen) atoms. The molecule has 9 heteroatoms. The van der Waals surface area contributed by atoms with Crippen molar-refractivity contribution in [2.45, 2.75) is 33.2 Å². The molecule has 0 aliphatic carbocycles. The van der Waals surface area contributed by atoms with Gasteiger partial charge in [-0.05, 0) is 56.5 Å². The molecule has 1 aromatic rings. The van der Waals surface area contributed by atoms with Crippen molar-refractivity contribution >= 4 is 27.7 Å². The summed E-state index contributed by atoms with van der Waals surface area (Å²) in [5.74, 6) is -0.637. The van der Waals surface area contributed by atoms with E-state index < -0.39 is 27.7 Å². The molecule has 2 aliphatic heterocycles. The van der Waals surface area contributed by atoms with Crippen molar-refractivity contribution in [2.24, 2.45) is 0 Å². The Kier molecular flexibility index (Phi) is 6.51. The molecule has 1 unspecified atom stereocenters. The number of imide groups is 1. The van der Waals surface area contributed by atoms with Crippen LogP contribution in [0.3, 0.4) is 0 Å². The van der Waals surface area contributed by atoms with Crippen molar-refractivity contribution in [2.75, 3.05) is 24.7 Å². The first-order chi connectivity index (χ1) is 14.7. The molecule has 3 rings (SSSR count). The van der Waals surface area contributed by atoms with Gasteiger partial charge in [0.05, 0.1) is 30.8 Å². The van der Waals surface area contributed by atoms with Crippen molar-refractivity contribution in [3.8, 4) is 17.6 Å². The van der Waals surface area contributed by atoms with Gasteiger partial charge in [-0.1, -0.05) is 6.07 Å². The second-order valence-corrected chi connectivity index (χ2v) is 9.51. The van der Waals surface area contributed by atoms with Crippen LogP contribution in [0, 0.1) is 11.3 Å². The summed E-state index contributed by atoms with van der Waals surface area (Å²) < 4.78 is 35.0. The average molecular weight is 445 g/mol. The Morgan fingerprint density at radius 3 is 2.42 bits per heavy atom. The predicted octanol–water partition coefficient (Wildman–Crippen LogP) is 2.26. The number of rotatable bonds is 6. The van der Waals surface area contributed by atoms with Crippen LogP contribution in [0.5, 0.6) is 11.5 Å². The van der Waals surface area contributed by atoms with Gasteiger partial charge in [-0.15, -0.1) is 0 Å². The van der Waals surface area contributed by atoms with Crippen LogP contribution in [0.25, 0.3) is 6.08 Å². The number of benzene rings is 1. The number of hydrogen-bond donors (Lipinski definition) is 0. The minimum Gasteiger partial charge on any atom is -0.490 e. The molecule has 8 nitrogen and oxygen atoms in total. The van der Waals surface area contributed by atoms with Gasteiger partial charge in [0, 0.05) is 5.57 Å². The molecule has 1 aromatic carbocycles. The molecule has 1 fully saturated rings. The third-order valence-corrected chi connectivity index (χ3v) is 6.98. The second kappa shape index (κ2) is 8.94. The summed E-state index contributed by atoms with van der Waals surface area (Å²) >= 11 is 0. The first-order valence-electron chi connectivity index (χ1n) is 10.0. The van der Waals surface area contributed by atoms with E-state index in [1.807, 2.05) is 19.9 Å². The minimum absolute atomic E-state index is 0.0883. The SMILES string of the molecule is CCOc1ccc(/C=C2\C(=O)N(C3CCS(=O)(=O)C3)C(=O)C(C#N)=C2C)cc1OCC. The maximum absolute atomic E-state index is 13.2. The highest BCUT2D eigenvalue weighted by Gasteiger charge is 2.43. The quantitative estimate of drug-likeness (QED) is 0.488. The summed E-state index contributed by atoms with van der Waals surface area (Å²) in [6, 6.07) is 6.29. The maximum atomic E-state index is 13.2. The van der Waals surface area contributed by atoms with Gasteiger partial charge in [-0.25, -0.2) is 8.42 Å². The highest BCUT2D eigenvalue weighted by atomic mass is 32.2. The van der Waals surface area contributed by atoms with Crippen LogP contribution in [-0.2, 0) is 19.4 Å². The molecule has 2 amide bonds.